The molecule has 1 aromatic heterocycles. The summed E-state index contributed by atoms with van der Waals surface area (Å²) in [5.41, 5.74) is 1.65. The molecule has 134 valence electrons. The molecule has 2 aromatic carbocycles. The van der Waals surface area contributed by atoms with Crippen molar-refractivity contribution < 1.29 is 13.9 Å². The standard InChI is InChI=1S/C21H21FN2O2/c22-20-12-18(11-17-7-4-8-23-21(17)20)26-15-19-14-24(9-10-25-19)13-16-5-2-1-3-6-16/h1-8,11-12,19H,9-10,13-15H2. The SMILES string of the molecule is Fc1cc(OCC2CN(Cc3ccccc3)CCO2)cc2cccnc12. The molecule has 4 nitrogen and oxygen atoms in total. The maximum Gasteiger partial charge on any atom is 0.153 e. The van der Waals surface area contributed by atoms with E-state index in [-0.39, 0.29) is 11.9 Å². The van der Waals surface area contributed by atoms with Crippen molar-refractivity contribution in [1.82, 2.24) is 9.88 Å². The van der Waals surface area contributed by atoms with Crippen molar-refractivity contribution in [2.24, 2.45) is 0 Å². The Bertz CT molecular complexity index is 872. The summed E-state index contributed by atoms with van der Waals surface area (Å²) in [5.74, 6) is 0.139. The van der Waals surface area contributed by atoms with Crippen LogP contribution in [0.5, 0.6) is 5.75 Å². The number of rotatable bonds is 5. The average Bonchev–Trinajstić information content (AvgIpc) is 2.68. The van der Waals surface area contributed by atoms with Gasteiger partial charge in [0.25, 0.3) is 0 Å². The molecule has 3 aromatic rings. The second-order valence-corrected chi connectivity index (χ2v) is 6.50. The summed E-state index contributed by atoms with van der Waals surface area (Å²) < 4.78 is 25.8. The topological polar surface area (TPSA) is 34.6 Å². The molecule has 26 heavy (non-hydrogen) atoms. The van der Waals surface area contributed by atoms with E-state index in [0.717, 1.165) is 25.0 Å². The van der Waals surface area contributed by atoms with Crippen molar-refractivity contribution in [1.29, 1.82) is 0 Å². The normalized spacial score (nSPS) is 18.1. The molecular formula is C21H21FN2O2. The van der Waals surface area contributed by atoms with E-state index in [1.807, 2.05) is 18.2 Å². The number of morpholine rings is 1. The fourth-order valence-corrected chi connectivity index (χ4v) is 3.26. The van der Waals surface area contributed by atoms with Gasteiger partial charge in [0.05, 0.1) is 6.61 Å². The fraction of sp³-hybridized carbons (Fsp3) is 0.286. The summed E-state index contributed by atoms with van der Waals surface area (Å²) in [6.07, 6.45) is 1.56. The molecule has 1 fully saturated rings. The number of fused-ring (bicyclic) bond motifs is 1. The molecule has 4 rings (SSSR count). The van der Waals surface area contributed by atoms with Gasteiger partial charge >= 0.3 is 0 Å². The van der Waals surface area contributed by atoms with E-state index in [1.165, 1.54) is 11.6 Å². The van der Waals surface area contributed by atoms with Gasteiger partial charge in [0.1, 0.15) is 24.0 Å². The summed E-state index contributed by atoms with van der Waals surface area (Å²) in [6, 6.07) is 17.2. The minimum atomic E-state index is -0.367. The molecular weight excluding hydrogens is 331 g/mol. The number of hydrogen-bond donors (Lipinski definition) is 0. The first-order chi connectivity index (χ1) is 12.8. The van der Waals surface area contributed by atoms with Crippen molar-refractivity contribution in [3.63, 3.8) is 0 Å². The molecule has 0 radical (unpaired) electrons. The van der Waals surface area contributed by atoms with Crippen LogP contribution in [0.1, 0.15) is 5.56 Å². The number of hydrogen-bond acceptors (Lipinski definition) is 4. The number of nitrogens with zero attached hydrogens (tertiary/aromatic N) is 2. The number of benzene rings is 2. The molecule has 1 atom stereocenters. The highest BCUT2D eigenvalue weighted by molar-refractivity contribution is 5.80. The summed E-state index contributed by atoms with van der Waals surface area (Å²) in [6.45, 7) is 3.68. The Morgan fingerprint density at radius 3 is 2.92 bits per heavy atom. The number of pyridine rings is 1. The van der Waals surface area contributed by atoms with Crippen molar-refractivity contribution in [3.8, 4) is 5.75 Å². The van der Waals surface area contributed by atoms with Crippen LogP contribution < -0.4 is 4.74 Å². The molecule has 0 spiro atoms. The summed E-state index contributed by atoms with van der Waals surface area (Å²) >= 11 is 0. The molecule has 5 heteroatoms. The highest BCUT2D eigenvalue weighted by atomic mass is 19.1. The molecule has 1 unspecified atom stereocenters. The van der Waals surface area contributed by atoms with Crippen LogP contribution in [0.4, 0.5) is 4.39 Å². The molecule has 0 bridgehead atoms. The van der Waals surface area contributed by atoms with E-state index in [2.05, 4.69) is 34.1 Å². The second-order valence-electron chi connectivity index (χ2n) is 6.50. The minimum Gasteiger partial charge on any atom is -0.491 e. The minimum absolute atomic E-state index is 0.0277. The number of aromatic nitrogens is 1. The van der Waals surface area contributed by atoms with E-state index in [9.17, 15) is 4.39 Å². The number of ether oxygens (including phenoxy) is 2. The smallest absolute Gasteiger partial charge is 0.153 e. The van der Waals surface area contributed by atoms with E-state index < -0.39 is 0 Å². The van der Waals surface area contributed by atoms with Crippen LogP contribution in [-0.4, -0.2) is 42.3 Å². The maximum atomic E-state index is 14.1. The Hall–Kier alpha value is -2.50. The molecule has 1 aliphatic rings. The van der Waals surface area contributed by atoms with Crippen molar-refractivity contribution in [2.75, 3.05) is 26.3 Å². The largest absolute Gasteiger partial charge is 0.491 e. The van der Waals surface area contributed by atoms with Crippen LogP contribution in [0.25, 0.3) is 10.9 Å². The predicted octanol–water partition coefficient (Wildman–Crippen LogP) is 3.65. The first kappa shape index (κ1) is 16.9. The van der Waals surface area contributed by atoms with Crippen molar-refractivity contribution in [2.45, 2.75) is 12.6 Å². The van der Waals surface area contributed by atoms with Gasteiger partial charge in [-0.2, -0.15) is 0 Å². The van der Waals surface area contributed by atoms with Crippen LogP contribution in [0.3, 0.4) is 0 Å². The molecule has 0 aliphatic carbocycles. The van der Waals surface area contributed by atoms with E-state index >= 15 is 0 Å². The summed E-state index contributed by atoms with van der Waals surface area (Å²) in [5, 5.41) is 0.734. The molecule has 1 aliphatic heterocycles. The van der Waals surface area contributed by atoms with Crippen LogP contribution >= 0.6 is 0 Å². The Morgan fingerprint density at radius 1 is 1.15 bits per heavy atom. The van der Waals surface area contributed by atoms with Crippen molar-refractivity contribution in [3.05, 3.63) is 72.2 Å². The van der Waals surface area contributed by atoms with E-state index in [1.54, 1.807) is 12.3 Å². The van der Waals surface area contributed by atoms with Crippen molar-refractivity contribution >= 4 is 10.9 Å². The molecule has 0 N–H and O–H groups in total. The van der Waals surface area contributed by atoms with Gasteiger partial charge in [-0.3, -0.25) is 9.88 Å². The maximum absolute atomic E-state index is 14.1. The molecule has 2 heterocycles. The predicted molar refractivity (Wildman–Crippen MR) is 98.7 cm³/mol. The van der Waals surface area contributed by atoms with Gasteiger partial charge < -0.3 is 9.47 Å². The average molecular weight is 352 g/mol. The van der Waals surface area contributed by atoms with Gasteiger partial charge in [-0.15, -0.1) is 0 Å². The lowest BCUT2D eigenvalue weighted by Gasteiger charge is -2.32. The van der Waals surface area contributed by atoms with E-state index in [4.69, 9.17) is 9.47 Å². The monoisotopic (exact) mass is 352 g/mol. The van der Waals surface area contributed by atoms with Gasteiger partial charge in [0, 0.05) is 37.3 Å². The van der Waals surface area contributed by atoms with Gasteiger partial charge in [0.15, 0.2) is 5.82 Å². The third-order valence-corrected chi connectivity index (χ3v) is 4.54. The lowest BCUT2D eigenvalue weighted by Crippen LogP contribution is -2.44. The first-order valence-electron chi connectivity index (χ1n) is 8.83. The molecule has 0 amide bonds. The second kappa shape index (κ2) is 7.81. The van der Waals surface area contributed by atoms with Crippen LogP contribution in [0, 0.1) is 5.82 Å². The quantitative estimate of drug-likeness (QED) is 0.702. The lowest BCUT2D eigenvalue weighted by molar-refractivity contribution is -0.0504. The van der Waals surface area contributed by atoms with Gasteiger partial charge in [-0.25, -0.2) is 4.39 Å². The highest BCUT2D eigenvalue weighted by Gasteiger charge is 2.21. The zero-order valence-corrected chi connectivity index (χ0v) is 14.5. The highest BCUT2D eigenvalue weighted by Crippen LogP contribution is 2.23. The lowest BCUT2D eigenvalue weighted by atomic mass is 10.2. The third kappa shape index (κ3) is 4.00. The molecule has 0 saturated carbocycles. The van der Waals surface area contributed by atoms with Gasteiger partial charge in [-0.1, -0.05) is 36.4 Å². The number of halogens is 1. The Kier molecular flexibility index (Phi) is 5.09. The van der Waals surface area contributed by atoms with Crippen LogP contribution in [0.15, 0.2) is 60.8 Å². The van der Waals surface area contributed by atoms with Gasteiger partial charge in [-0.05, 0) is 17.7 Å². The fourth-order valence-electron chi connectivity index (χ4n) is 3.26. The van der Waals surface area contributed by atoms with Crippen LogP contribution in [-0.2, 0) is 11.3 Å². The van der Waals surface area contributed by atoms with E-state index in [0.29, 0.717) is 24.5 Å². The third-order valence-electron chi connectivity index (χ3n) is 4.54. The zero-order chi connectivity index (χ0) is 17.8. The Balaban J connectivity index is 1.37. The first-order valence-corrected chi connectivity index (χ1v) is 8.83. The Morgan fingerprint density at radius 2 is 2.04 bits per heavy atom. The summed E-state index contributed by atoms with van der Waals surface area (Å²) in [4.78, 5) is 6.42. The molecule has 1 saturated heterocycles. The Labute approximate surface area is 152 Å². The van der Waals surface area contributed by atoms with Crippen LogP contribution in [0.2, 0.25) is 0 Å². The zero-order valence-electron chi connectivity index (χ0n) is 14.5. The van der Waals surface area contributed by atoms with Gasteiger partial charge in [0.2, 0.25) is 0 Å². The summed E-state index contributed by atoms with van der Waals surface area (Å²) in [7, 11) is 0.